The Hall–Kier alpha value is -0.910. The molecule has 1 atom stereocenters. The fourth-order valence-corrected chi connectivity index (χ4v) is 2.41. The molecule has 0 amide bonds. The number of rotatable bonds is 4. The Morgan fingerprint density at radius 2 is 2.11 bits per heavy atom. The van der Waals surface area contributed by atoms with Crippen molar-refractivity contribution in [3.63, 3.8) is 0 Å². The van der Waals surface area contributed by atoms with Gasteiger partial charge in [0.1, 0.15) is 0 Å². The van der Waals surface area contributed by atoms with Gasteiger partial charge in [0.05, 0.1) is 25.5 Å². The average Bonchev–Trinajstić information content (AvgIpc) is 2.87. The lowest BCUT2D eigenvalue weighted by molar-refractivity contribution is -0.0630. The molecule has 0 saturated carbocycles. The standard InChI is InChI=1S/C13H23N3O2/c1-4-16-10-11(9-14-16)12(17)13(2,3)15-5-7-18-8-6-15/h9-10,12,17H,4-8H2,1-3H3. The highest BCUT2D eigenvalue weighted by Crippen LogP contribution is 2.31. The predicted molar refractivity (Wildman–Crippen MR) is 69.3 cm³/mol. The molecule has 18 heavy (non-hydrogen) atoms. The van der Waals surface area contributed by atoms with Crippen LogP contribution in [0.1, 0.15) is 32.4 Å². The first kappa shape index (κ1) is 13.5. The van der Waals surface area contributed by atoms with Crippen LogP contribution in [0.25, 0.3) is 0 Å². The number of hydrogen-bond donors (Lipinski definition) is 1. The normalized spacial score (nSPS) is 20.0. The molecule has 1 saturated heterocycles. The highest BCUT2D eigenvalue weighted by atomic mass is 16.5. The summed E-state index contributed by atoms with van der Waals surface area (Å²) in [6.45, 7) is 10.2. The molecule has 1 aromatic rings. The van der Waals surface area contributed by atoms with Crippen molar-refractivity contribution in [3.05, 3.63) is 18.0 Å². The number of aliphatic hydroxyl groups excluding tert-OH is 1. The zero-order valence-corrected chi connectivity index (χ0v) is 11.5. The molecule has 1 aliphatic rings. The minimum Gasteiger partial charge on any atom is -0.386 e. The topological polar surface area (TPSA) is 50.5 Å². The third-order valence-corrected chi connectivity index (χ3v) is 3.79. The summed E-state index contributed by atoms with van der Waals surface area (Å²) >= 11 is 0. The number of hydrogen-bond acceptors (Lipinski definition) is 4. The van der Waals surface area contributed by atoms with Crippen LogP contribution in [0.2, 0.25) is 0 Å². The third-order valence-electron chi connectivity index (χ3n) is 3.79. The van der Waals surface area contributed by atoms with Crippen LogP contribution in [-0.4, -0.2) is 51.6 Å². The Morgan fingerprint density at radius 3 is 2.67 bits per heavy atom. The molecular weight excluding hydrogens is 230 g/mol. The summed E-state index contributed by atoms with van der Waals surface area (Å²) in [5.74, 6) is 0. The highest BCUT2D eigenvalue weighted by Gasteiger charge is 2.36. The van der Waals surface area contributed by atoms with Crippen molar-refractivity contribution in [1.29, 1.82) is 0 Å². The lowest BCUT2D eigenvalue weighted by Gasteiger charge is -2.43. The molecule has 1 fully saturated rings. The van der Waals surface area contributed by atoms with Crippen LogP contribution in [0.4, 0.5) is 0 Å². The van der Waals surface area contributed by atoms with Crippen molar-refractivity contribution in [2.24, 2.45) is 0 Å². The van der Waals surface area contributed by atoms with Gasteiger partial charge in [0.15, 0.2) is 0 Å². The summed E-state index contributed by atoms with van der Waals surface area (Å²) in [4.78, 5) is 2.28. The van der Waals surface area contributed by atoms with E-state index in [4.69, 9.17) is 4.74 Å². The molecular formula is C13H23N3O2. The zero-order valence-electron chi connectivity index (χ0n) is 11.5. The molecule has 1 N–H and O–H groups in total. The molecule has 1 unspecified atom stereocenters. The Morgan fingerprint density at radius 1 is 1.44 bits per heavy atom. The smallest absolute Gasteiger partial charge is 0.0998 e. The second-order valence-corrected chi connectivity index (χ2v) is 5.28. The van der Waals surface area contributed by atoms with Gasteiger partial charge in [0.25, 0.3) is 0 Å². The summed E-state index contributed by atoms with van der Waals surface area (Å²) in [5.41, 5.74) is 0.583. The molecule has 0 radical (unpaired) electrons. The molecule has 2 rings (SSSR count). The van der Waals surface area contributed by atoms with Gasteiger partial charge < -0.3 is 9.84 Å². The largest absolute Gasteiger partial charge is 0.386 e. The van der Waals surface area contributed by atoms with E-state index in [0.29, 0.717) is 0 Å². The van der Waals surface area contributed by atoms with Gasteiger partial charge in [-0.3, -0.25) is 9.58 Å². The molecule has 5 heteroatoms. The number of ether oxygens (including phenoxy) is 1. The second-order valence-electron chi connectivity index (χ2n) is 5.28. The SMILES string of the molecule is CCn1cc(C(O)C(C)(C)N2CCOCC2)cn1. The lowest BCUT2D eigenvalue weighted by atomic mass is 9.90. The van der Waals surface area contributed by atoms with Crippen molar-refractivity contribution in [1.82, 2.24) is 14.7 Å². The van der Waals surface area contributed by atoms with Crippen LogP contribution in [0.3, 0.4) is 0 Å². The Balaban J connectivity index is 2.12. The first-order valence-corrected chi connectivity index (χ1v) is 6.59. The number of nitrogens with zero attached hydrogens (tertiary/aromatic N) is 3. The van der Waals surface area contributed by atoms with Crippen LogP contribution >= 0.6 is 0 Å². The van der Waals surface area contributed by atoms with Gasteiger partial charge in [0.2, 0.25) is 0 Å². The van der Waals surface area contributed by atoms with Crippen molar-refractivity contribution in [3.8, 4) is 0 Å². The lowest BCUT2D eigenvalue weighted by Crippen LogP contribution is -2.53. The van der Waals surface area contributed by atoms with Gasteiger partial charge in [-0.1, -0.05) is 0 Å². The summed E-state index contributed by atoms with van der Waals surface area (Å²) in [7, 11) is 0. The van der Waals surface area contributed by atoms with Crippen LogP contribution in [0, 0.1) is 0 Å². The Bertz CT molecular complexity index is 383. The second kappa shape index (κ2) is 5.38. The van der Waals surface area contributed by atoms with E-state index < -0.39 is 6.10 Å². The number of aromatic nitrogens is 2. The summed E-state index contributed by atoms with van der Waals surface area (Å²) in [6, 6.07) is 0. The van der Waals surface area contributed by atoms with Gasteiger partial charge in [0, 0.05) is 36.9 Å². The molecule has 0 spiro atoms. The van der Waals surface area contributed by atoms with E-state index in [1.807, 2.05) is 17.8 Å². The van der Waals surface area contributed by atoms with Crippen LogP contribution < -0.4 is 0 Å². The molecule has 5 nitrogen and oxygen atoms in total. The highest BCUT2D eigenvalue weighted by molar-refractivity contribution is 5.14. The summed E-state index contributed by atoms with van der Waals surface area (Å²) in [5, 5.41) is 14.8. The first-order valence-electron chi connectivity index (χ1n) is 6.59. The van der Waals surface area contributed by atoms with Gasteiger partial charge in [-0.25, -0.2) is 0 Å². The van der Waals surface area contributed by atoms with Gasteiger partial charge in [-0.05, 0) is 20.8 Å². The van der Waals surface area contributed by atoms with Gasteiger partial charge in [-0.15, -0.1) is 0 Å². The van der Waals surface area contributed by atoms with Crippen molar-refractivity contribution in [2.75, 3.05) is 26.3 Å². The van der Waals surface area contributed by atoms with E-state index in [9.17, 15) is 5.11 Å². The monoisotopic (exact) mass is 253 g/mol. The van der Waals surface area contributed by atoms with Gasteiger partial charge in [-0.2, -0.15) is 5.10 Å². The van der Waals surface area contributed by atoms with E-state index in [1.54, 1.807) is 6.20 Å². The summed E-state index contributed by atoms with van der Waals surface area (Å²) < 4.78 is 7.20. The predicted octanol–water partition coefficient (Wildman–Crippen LogP) is 1.05. The summed E-state index contributed by atoms with van der Waals surface area (Å²) in [6.07, 6.45) is 3.15. The average molecular weight is 253 g/mol. The first-order chi connectivity index (χ1) is 8.55. The molecule has 0 aliphatic carbocycles. The molecule has 1 aliphatic heterocycles. The minimum atomic E-state index is -0.532. The fraction of sp³-hybridized carbons (Fsp3) is 0.769. The maximum absolute atomic E-state index is 10.6. The maximum Gasteiger partial charge on any atom is 0.0998 e. The van der Waals surface area contributed by atoms with Crippen LogP contribution in [0.15, 0.2) is 12.4 Å². The van der Waals surface area contributed by atoms with Crippen LogP contribution in [0.5, 0.6) is 0 Å². The van der Waals surface area contributed by atoms with E-state index in [2.05, 4.69) is 23.8 Å². The number of aryl methyl sites for hydroxylation is 1. The van der Waals surface area contributed by atoms with E-state index >= 15 is 0 Å². The van der Waals surface area contributed by atoms with E-state index in [0.717, 1.165) is 38.4 Å². The molecule has 1 aromatic heterocycles. The van der Waals surface area contributed by atoms with Crippen molar-refractivity contribution in [2.45, 2.75) is 39.0 Å². The van der Waals surface area contributed by atoms with Gasteiger partial charge >= 0.3 is 0 Å². The number of aliphatic hydroxyl groups is 1. The minimum absolute atomic E-state index is 0.300. The van der Waals surface area contributed by atoms with E-state index in [1.165, 1.54) is 0 Å². The molecule has 0 bridgehead atoms. The Kier molecular flexibility index (Phi) is 4.04. The fourth-order valence-electron chi connectivity index (χ4n) is 2.41. The number of morpholine rings is 1. The van der Waals surface area contributed by atoms with E-state index in [-0.39, 0.29) is 5.54 Å². The quantitative estimate of drug-likeness (QED) is 0.871. The zero-order chi connectivity index (χ0) is 13.2. The molecule has 102 valence electrons. The Labute approximate surface area is 108 Å². The molecule has 2 heterocycles. The van der Waals surface area contributed by atoms with Crippen molar-refractivity contribution < 1.29 is 9.84 Å². The third kappa shape index (κ3) is 2.58. The van der Waals surface area contributed by atoms with Crippen LogP contribution in [-0.2, 0) is 11.3 Å². The molecule has 0 aromatic carbocycles. The maximum atomic E-state index is 10.6. The van der Waals surface area contributed by atoms with Crippen molar-refractivity contribution >= 4 is 0 Å².